The van der Waals surface area contributed by atoms with Gasteiger partial charge in [-0.3, -0.25) is 18.7 Å². The van der Waals surface area contributed by atoms with Crippen LogP contribution in [0.2, 0.25) is 0 Å². The normalized spacial score (nSPS) is 13.3. The number of amides is 1. The molecule has 29 heavy (non-hydrogen) atoms. The first-order valence-corrected chi connectivity index (χ1v) is 10.4. The summed E-state index contributed by atoms with van der Waals surface area (Å²) in [6, 6.07) is 3.80. The third-order valence-corrected chi connectivity index (χ3v) is 5.79. The van der Waals surface area contributed by atoms with Gasteiger partial charge in [-0.2, -0.15) is 4.98 Å². The van der Waals surface area contributed by atoms with Crippen molar-refractivity contribution < 1.29 is 9.32 Å². The zero-order valence-electron chi connectivity index (χ0n) is 16.0. The molecule has 0 aromatic carbocycles. The van der Waals surface area contributed by atoms with Crippen LogP contribution in [0.4, 0.5) is 0 Å². The van der Waals surface area contributed by atoms with Gasteiger partial charge in [0.15, 0.2) is 0 Å². The molecule has 0 saturated heterocycles. The topological polar surface area (TPSA) is 112 Å². The third kappa shape index (κ3) is 3.80. The SMILES string of the molecule is CCc1nc(-c2c3n(c(=O)n(CC(=O)NCc4cccs4)c2=O)CCCC3)no1. The lowest BCUT2D eigenvalue weighted by Crippen LogP contribution is -2.46. The highest BCUT2D eigenvalue weighted by Gasteiger charge is 2.26. The average Bonchev–Trinajstić information content (AvgIpc) is 3.42. The Kier molecular flexibility index (Phi) is 5.43. The van der Waals surface area contributed by atoms with Crippen LogP contribution in [-0.4, -0.2) is 25.2 Å². The van der Waals surface area contributed by atoms with Crippen molar-refractivity contribution in [3.8, 4) is 11.4 Å². The number of thiophene rings is 1. The number of carbonyl (C=O) groups excluding carboxylic acids is 1. The molecule has 1 amide bonds. The highest BCUT2D eigenvalue weighted by Crippen LogP contribution is 2.21. The van der Waals surface area contributed by atoms with Crippen molar-refractivity contribution >= 4 is 17.2 Å². The van der Waals surface area contributed by atoms with E-state index >= 15 is 0 Å². The van der Waals surface area contributed by atoms with Crippen LogP contribution in [0.3, 0.4) is 0 Å². The number of hydrogen-bond acceptors (Lipinski definition) is 7. The molecular formula is C19H21N5O4S. The molecule has 4 heterocycles. The molecule has 1 aliphatic rings. The lowest BCUT2D eigenvalue weighted by atomic mass is 10.0. The van der Waals surface area contributed by atoms with Crippen LogP contribution >= 0.6 is 11.3 Å². The van der Waals surface area contributed by atoms with Crippen molar-refractivity contribution in [1.29, 1.82) is 0 Å². The Labute approximate surface area is 170 Å². The van der Waals surface area contributed by atoms with Gasteiger partial charge in [-0.15, -0.1) is 11.3 Å². The second kappa shape index (κ2) is 8.16. The Balaban J connectivity index is 1.71. The number of fused-ring (bicyclic) bond motifs is 1. The maximum atomic E-state index is 13.2. The van der Waals surface area contributed by atoms with Gasteiger partial charge >= 0.3 is 5.69 Å². The molecule has 9 nitrogen and oxygen atoms in total. The molecule has 3 aromatic heterocycles. The Bertz CT molecular complexity index is 1140. The molecule has 1 N–H and O–H groups in total. The minimum absolute atomic E-state index is 0.172. The number of hydrogen-bond donors (Lipinski definition) is 1. The first-order valence-electron chi connectivity index (χ1n) is 9.57. The van der Waals surface area contributed by atoms with Crippen LogP contribution in [0.5, 0.6) is 0 Å². The monoisotopic (exact) mass is 415 g/mol. The molecule has 0 radical (unpaired) electrons. The number of nitrogens with one attached hydrogen (secondary N) is 1. The minimum atomic E-state index is -0.558. The van der Waals surface area contributed by atoms with Gasteiger partial charge < -0.3 is 9.84 Å². The van der Waals surface area contributed by atoms with E-state index in [2.05, 4.69) is 15.5 Å². The first-order chi connectivity index (χ1) is 14.1. The maximum absolute atomic E-state index is 13.2. The van der Waals surface area contributed by atoms with Gasteiger partial charge in [0.1, 0.15) is 12.1 Å². The van der Waals surface area contributed by atoms with Crippen LogP contribution in [0, 0.1) is 0 Å². The van der Waals surface area contributed by atoms with Crippen LogP contribution in [-0.2, 0) is 37.3 Å². The van der Waals surface area contributed by atoms with Crippen LogP contribution in [0.25, 0.3) is 11.4 Å². The number of aryl methyl sites for hydroxylation is 1. The van der Waals surface area contributed by atoms with E-state index in [-0.39, 0.29) is 17.9 Å². The Morgan fingerprint density at radius 2 is 2.21 bits per heavy atom. The summed E-state index contributed by atoms with van der Waals surface area (Å²) in [6.45, 7) is 2.37. The smallest absolute Gasteiger partial charge is 0.331 e. The van der Waals surface area contributed by atoms with Gasteiger partial charge in [0.05, 0.1) is 6.54 Å². The summed E-state index contributed by atoms with van der Waals surface area (Å²) in [4.78, 5) is 43.8. The second-order valence-corrected chi connectivity index (χ2v) is 7.86. The van der Waals surface area contributed by atoms with E-state index in [0.717, 1.165) is 22.3 Å². The van der Waals surface area contributed by atoms with E-state index in [1.807, 2.05) is 24.4 Å². The van der Waals surface area contributed by atoms with E-state index < -0.39 is 17.2 Å². The van der Waals surface area contributed by atoms with Gasteiger partial charge in [0, 0.05) is 23.5 Å². The maximum Gasteiger partial charge on any atom is 0.331 e. The third-order valence-electron chi connectivity index (χ3n) is 4.92. The lowest BCUT2D eigenvalue weighted by molar-refractivity contribution is -0.121. The van der Waals surface area contributed by atoms with Crippen molar-refractivity contribution in [1.82, 2.24) is 24.6 Å². The van der Waals surface area contributed by atoms with Crippen LogP contribution < -0.4 is 16.6 Å². The number of rotatable bonds is 6. The second-order valence-electron chi connectivity index (χ2n) is 6.83. The van der Waals surface area contributed by atoms with Gasteiger partial charge in [-0.05, 0) is 30.7 Å². The minimum Gasteiger partial charge on any atom is -0.350 e. The Morgan fingerprint density at radius 3 is 2.93 bits per heavy atom. The van der Waals surface area contributed by atoms with Crippen molar-refractivity contribution in [2.45, 2.75) is 52.2 Å². The molecule has 0 atom stereocenters. The van der Waals surface area contributed by atoms with Crippen molar-refractivity contribution in [2.75, 3.05) is 0 Å². The van der Waals surface area contributed by atoms with Crippen molar-refractivity contribution in [3.05, 3.63) is 54.8 Å². The summed E-state index contributed by atoms with van der Waals surface area (Å²) >= 11 is 1.52. The van der Waals surface area contributed by atoms with E-state index in [1.165, 1.54) is 11.3 Å². The van der Waals surface area contributed by atoms with Crippen LogP contribution in [0.15, 0.2) is 31.6 Å². The van der Waals surface area contributed by atoms with Crippen LogP contribution in [0.1, 0.15) is 36.2 Å². The molecular weight excluding hydrogens is 394 g/mol. The average molecular weight is 415 g/mol. The van der Waals surface area contributed by atoms with E-state index in [0.29, 0.717) is 37.5 Å². The number of nitrogens with zero attached hydrogens (tertiary/aromatic N) is 4. The summed E-state index contributed by atoms with van der Waals surface area (Å²) in [7, 11) is 0. The first kappa shape index (κ1) is 19.3. The molecule has 4 rings (SSSR count). The van der Waals surface area contributed by atoms with E-state index in [1.54, 1.807) is 4.57 Å². The van der Waals surface area contributed by atoms with E-state index in [9.17, 15) is 14.4 Å². The predicted octanol–water partition coefficient (Wildman–Crippen LogP) is 1.34. The molecule has 0 fully saturated rings. The quantitative estimate of drug-likeness (QED) is 0.650. The standard InChI is InChI=1S/C19H21N5O4S/c1-2-15-21-17(22-28-15)16-13-7-3-4-8-23(13)19(27)24(18(16)26)11-14(25)20-10-12-6-5-9-29-12/h5-6,9H,2-4,7-8,10-11H2,1H3,(H,20,25). The highest BCUT2D eigenvalue weighted by atomic mass is 32.1. The molecule has 3 aromatic rings. The lowest BCUT2D eigenvalue weighted by Gasteiger charge is -2.21. The van der Waals surface area contributed by atoms with Crippen molar-refractivity contribution in [2.24, 2.45) is 0 Å². The molecule has 1 aliphatic heterocycles. The fourth-order valence-electron chi connectivity index (χ4n) is 3.46. The summed E-state index contributed by atoms with van der Waals surface area (Å²) in [5.74, 6) is 0.188. The zero-order chi connectivity index (χ0) is 20.4. The Hall–Kier alpha value is -3.01. The largest absolute Gasteiger partial charge is 0.350 e. The molecule has 0 spiro atoms. The molecule has 0 bridgehead atoms. The fraction of sp³-hybridized carbons (Fsp3) is 0.421. The van der Waals surface area contributed by atoms with Gasteiger partial charge in [-0.25, -0.2) is 4.79 Å². The number of carbonyl (C=O) groups is 1. The molecule has 152 valence electrons. The summed E-state index contributed by atoms with van der Waals surface area (Å²) in [6.07, 6.45) is 2.83. The summed E-state index contributed by atoms with van der Waals surface area (Å²) in [5, 5.41) is 8.61. The van der Waals surface area contributed by atoms with Gasteiger partial charge in [0.2, 0.25) is 17.6 Å². The molecule has 0 saturated carbocycles. The van der Waals surface area contributed by atoms with Gasteiger partial charge in [-0.1, -0.05) is 18.1 Å². The number of aromatic nitrogens is 4. The van der Waals surface area contributed by atoms with Gasteiger partial charge in [0.25, 0.3) is 5.56 Å². The summed E-state index contributed by atoms with van der Waals surface area (Å²) in [5.41, 5.74) is -0.166. The molecule has 0 aliphatic carbocycles. The molecule has 0 unspecified atom stereocenters. The highest BCUT2D eigenvalue weighted by molar-refractivity contribution is 7.09. The summed E-state index contributed by atoms with van der Waals surface area (Å²) < 4.78 is 7.70. The predicted molar refractivity (Wildman–Crippen MR) is 107 cm³/mol. The zero-order valence-corrected chi connectivity index (χ0v) is 16.8. The Morgan fingerprint density at radius 1 is 1.34 bits per heavy atom. The molecule has 10 heteroatoms. The fourth-order valence-corrected chi connectivity index (χ4v) is 4.10. The van der Waals surface area contributed by atoms with Crippen molar-refractivity contribution in [3.63, 3.8) is 0 Å². The van der Waals surface area contributed by atoms with E-state index in [4.69, 9.17) is 4.52 Å².